The first-order valence-electron chi connectivity index (χ1n) is 4.47. The maximum Gasteiger partial charge on any atom is 0.249 e. The summed E-state index contributed by atoms with van der Waals surface area (Å²) in [6.45, 7) is 0. The van der Waals surface area contributed by atoms with Gasteiger partial charge in [0.05, 0.1) is 11.8 Å². The lowest BCUT2D eigenvalue weighted by Crippen LogP contribution is -1.99. The van der Waals surface area contributed by atoms with Gasteiger partial charge in [0.15, 0.2) is 5.58 Å². The summed E-state index contributed by atoms with van der Waals surface area (Å²) in [6, 6.07) is 5.31. The Morgan fingerprint density at radius 3 is 2.87 bits per heavy atom. The predicted octanol–water partition coefficient (Wildman–Crippen LogP) is 1.74. The molecule has 0 atom stereocenters. The van der Waals surface area contributed by atoms with Crippen LogP contribution in [-0.2, 0) is 0 Å². The third-order valence-corrected chi connectivity index (χ3v) is 2.26. The molecule has 1 aromatic carbocycles. The van der Waals surface area contributed by atoms with Crippen molar-refractivity contribution in [1.29, 1.82) is 0 Å². The molecule has 2 heterocycles. The van der Waals surface area contributed by atoms with Crippen molar-refractivity contribution >= 4 is 22.0 Å². The summed E-state index contributed by atoms with van der Waals surface area (Å²) in [4.78, 5) is 20.0. The highest BCUT2D eigenvalue weighted by atomic mass is 16.3. The smallest absolute Gasteiger partial charge is 0.249 e. The Labute approximate surface area is 84.2 Å². The Hall–Kier alpha value is -2.23. The second-order valence-electron chi connectivity index (χ2n) is 3.16. The minimum Gasteiger partial charge on any atom is -0.460 e. The van der Waals surface area contributed by atoms with E-state index in [-0.39, 0.29) is 5.43 Å². The largest absolute Gasteiger partial charge is 0.460 e. The Bertz CT molecular complexity index is 703. The van der Waals surface area contributed by atoms with Crippen LogP contribution in [0.3, 0.4) is 0 Å². The zero-order chi connectivity index (χ0) is 10.3. The zero-order valence-corrected chi connectivity index (χ0v) is 7.68. The van der Waals surface area contributed by atoms with Gasteiger partial charge in [-0.25, -0.2) is 4.98 Å². The van der Waals surface area contributed by atoms with E-state index in [1.807, 2.05) is 0 Å². The zero-order valence-electron chi connectivity index (χ0n) is 7.68. The first-order valence-corrected chi connectivity index (χ1v) is 4.47. The van der Waals surface area contributed by atoms with Crippen molar-refractivity contribution < 1.29 is 4.42 Å². The maximum absolute atomic E-state index is 12.0. The second kappa shape index (κ2) is 2.88. The number of rotatable bonds is 0. The van der Waals surface area contributed by atoms with Gasteiger partial charge in [0.2, 0.25) is 5.43 Å². The lowest BCUT2D eigenvalue weighted by Gasteiger charge is -1.86. The molecule has 0 aliphatic heterocycles. The number of aromatic nitrogens is 2. The predicted molar refractivity (Wildman–Crippen MR) is 55.6 cm³/mol. The molecule has 3 rings (SSSR count). The molecule has 0 aliphatic rings. The fourth-order valence-corrected chi connectivity index (χ4v) is 1.56. The molecular formula is C11H6N2O2. The van der Waals surface area contributed by atoms with Gasteiger partial charge in [-0.15, -0.1) is 0 Å². The number of fused-ring (bicyclic) bond motifs is 2. The van der Waals surface area contributed by atoms with Gasteiger partial charge in [-0.2, -0.15) is 0 Å². The van der Waals surface area contributed by atoms with Crippen molar-refractivity contribution in [3.63, 3.8) is 0 Å². The molecule has 0 spiro atoms. The van der Waals surface area contributed by atoms with Crippen molar-refractivity contribution in [1.82, 2.24) is 9.97 Å². The van der Waals surface area contributed by atoms with Crippen LogP contribution in [-0.4, -0.2) is 9.97 Å². The molecule has 0 unspecified atom stereocenters. The first kappa shape index (κ1) is 8.11. The molecular weight excluding hydrogens is 192 g/mol. The Balaban J connectivity index is 2.71. The summed E-state index contributed by atoms with van der Waals surface area (Å²) < 4.78 is 5.14. The van der Waals surface area contributed by atoms with Crippen LogP contribution in [0.5, 0.6) is 0 Å². The summed E-state index contributed by atoms with van der Waals surface area (Å²) in [7, 11) is 0. The van der Waals surface area contributed by atoms with E-state index in [9.17, 15) is 4.79 Å². The average Bonchev–Trinajstić information content (AvgIpc) is 2.69. The number of furan rings is 1. The summed E-state index contributed by atoms with van der Waals surface area (Å²) in [5, 5.41) is 0.764. The summed E-state index contributed by atoms with van der Waals surface area (Å²) in [5.41, 5.74) is 1.02. The summed E-state index contributed by atoms with van der Waals surface area (Å²) in [5.74, 6) is 0. The van der Waals surface area contributed by atoms with Crippen LogP contribution in [0.1, 0.15) is 0 Å². The van der Waals surface area contributed by atoms with E-state index in [0.717, 1.165) is 5.39 Å². The van der Waals surface area contributed by atoms with E-state index in [1.165, 1.54) is 12.5 Å². The third kappa shape index (κ3) is 1.11. The standard InChI is InChI=1S/C11H6N2O2/c14-10-9-8(12-4-5-13-9)2-1-7-3-6-15-11(7)10/h1-6H. The van der Waals surface area contributed by atoms with Gasteiger partial charge in [0, 0.05) is 17.8 Å². The quantitative estimate of drug-likeness (QED) is 0.552. The molecule has 2 aromatic heterocycles. The molecule has 0 aliphatic carbocycles. The molecule has 4 nitrogen and oxygen atoms in total. The normalized spacial score (nSPS) is 10.9. The summed E-state index contributed by atoms with van der Waals surface area (Å²) in [6.07, 6.45) is 4.55. The van der Waals surface area contributed by atoms with Crippen molar-refractivity contribution in [3.8, 4) is 0 Å². The van der Waals surface area contributed by atoms with Crippen LogP contribution in [0.2, 0.25) is 0 Å². The van der Waals surface area contributed by atoms with Crippen LogP contribution < -0.4 is 5.43 Å². The summed E-state index contributed by atoms with van der Waals surface area (Å²) >= 11 is 0. The fourth-order valence-electron chi connectivity index (χ4n) is 1.56. The molecule has 72 valence electrons. The van der Waals surface area contributed by atoms with Gasteiger partial charge in [-0.1, -0.05) is 0 Å². The monoisotopic (exact) mass is 198 g/mol. The lowest BCUT2D eigenvalue weighted by molar-refractivity contribution is 0.613. The molecule has 3 aromatic rings. The van der Waals surface area contributed by atoms with Crippen LogP contribution in [0.25, 0.3) is 22.0 Å². The van der Waals surface area contributed by atoms with E-state index in [4.69, 9.17) is 4.42 Å². The van der Waals surface area contributed by atoms with Crippen LogP contribution in [0.4, 0.5) is 0 Å². The van der Waals surface area contributed by atoms with Gasteiger partial charge in [-0.3, -0.25) is 9.78 Å². The van der Waals surface area contributed by atoms with Crippen molar-refractivity contribution in [2.45, 2.75) is 0 Å². The molecule has 0 saturated heterocycles. The van der Waals surface area contributed by atoms with Crippen LogP contribution >= 0.6 is 0 Å². The highest BCUT2D eigenvalue weighted by molar-refractivity contribution is 5.86. The van der Waals surface area contributed by atoms with E-state index >= 15 is 0 Å². The Morgan fingerprint density at radius 1 is 1.07 bits per heavy atom. The number of nitrogens with zero attached hydrogens (tertiary/aromatic N) is 2. The lowest BCUT2D eigenvalue weighted by atomic mass is 10.3. The van der Waals surface area contributed by atoms with Gasteiger partial charge in [0.25, 0.3) is 0 Å². The van der Waals surface area contributed by atoms with Crippen molar-refractivity contribution in [3.05, 3.63) is 47.1 Å². The molecule has 0 bridgehead atoms. The SMILES string of the molecule is O=c1c2nccnc2ccc2ccoc12. The molecule has 15 heavy (non-hydrogen) atoms. The number of hydrogen-bond acceptors (Lipinski definition) is 4. The average molecular weight is 198 g/mol. The first-order chi connectivity index (χ1) is 7.36. The van der Waals surface area contributed by atoms with Crippen LogP contribution in [0, 0.1) is 0 Å². The highest BCUT2D eigenvalue weighted by Gasteiger charge is 2.05. The van der Waals surface area contributed by atoms with E-state index in [2.05, 4.69) is 9.97 Å². The molecule has 0 amide bonds. The topological polar surface area (TPSA) is 56.0 Å². The van der Waals surface area contributed by atoms with Gasteiger partial charge < -0.3 is 4.42 Å². The molecule has 4 heteroatoms. The van der Waals surface area contributed by atoms with E-state index in [0.29, 0.717) is 16.6 Å². The Kier molecular flexibility index (Phi) is 1.56. The highest BCUT2D eigenvalue weighted by Crippen LogP contribution is 2.12. The van der Waals surface area contributed by atoms with Gasteiger partial charge >= 0.3 is 0 Å². The molecule has 0 saturated carbocycles. The van der Waals surface area contributed by atoms with Gasteiger partial charge in [-0.05, 0) is 18.2 Å². The third-order valence-electron chi connectivity index (χ3n) is 2.26. The molecule has 0 radical (unpaired) electrons. The maximum atomic E-state index is 12.0. The fraction of sp³-hybridized carbons (Fsp3) is 0. The minimum atomic E-state index is -0.219. The molecule has 0 N–H and O–H groups in total. The van der Waals surface area contributed by atoms with E-state index < -0.39 is 0 Å². The molecule has 0 fully saturated rings. The Morgan fingerprint density at radius 2 is 1.93 bits per heavy atom. The van der Waals surface area contributed by atoms with Crippen molar-refractivity contribution in [2.24, 2.45) is 0 Å². The second-order valence-corrected chi connectivity index (χ2v) is 3.16. The van der Waals surface area contributed by atoms with Crippen LogP contribution in [0.15, 0.2) is 46.1 Å². The number of hydrogen-bond donors (Lipinski definition) is 0. The van der Waals surface area contributed by atoms with E-state index in [1.54, 1.807) is 24.4 Å². The minimum absolute atomic E-state index is 0.219. The van der Waals surface area contributed by atoms with Gasteiger partial charge in [0.1, 0.15) is 5.52 Å². The van der Waals surface area contributed by atoms with Crippen molar-refractivity contribution in [2.75, 3.05) is 0 Å².